The molecule has 0 aliphatic rings. The number of aliphatic hydroxyl groups is 2. The lowest BCUT2D eigenvalue weighted by atomic mass is 10.1. The molecule has 0 amide bonds. The highest BCUT2D eigenvalue weighted by atomic mass is 32.2. The molecule has 0 bridgehead atoms. The first-order valence-corrected chi connectivity index (χ1v) is 10.6. The second kappa shape index (κ2) is 15.1. The van der Waals surface area contributed by atoms with Crippen LogP contribution in [0.1, 0.15) is 41.4 Å². The van der Waals surface area contributed by atoms with Crippen LogP contribution < -0.4 is 0 Å². The molecule has 2 aromatic rings. The number of aliphatic hydroxyl groups excluding tert-OH is 2. The van der Waals surface area contributed by atoms with Gasteiger partial charge in [0, 0.05) is 0 Å². The Kier molecular flexibility index (Phi) is 13.4. The number of ether oxygens (including phenoxy) is 1. The summed E-state index contributed by atoms with van der Waals surface area (Å²) >= 11 is 0. The highest BCUT2D eigenvalue weighted by molar-refractivity contribution is 7.86. The van der Waals surface area contributed by atoms with E-state index in [9.17, 15) is 27.6 Å². The number of carbonyl (C=O) groups is 4. The maximum Gasteiger partial charge on any atom is 0.337 e. The first-order chi connectivity index (χ1) is 16.3. The van der Waals surface area contributed by atoms with E-state index < -0.39 is 50.0 Å². The van der Waals surface area contributed by atoms with E-state index in [1.54, 1.807) is 0 Å². The van der Waals surface area contributed by atoms with Crippen LogP contribution in [-0.4, -0.2) is 93.9 Å². The Morgan fingerprint density at radius 1 is 0.686 bits per heavy atom. The average molecular weight is 518 g/mol. The van der Waals surface area contributed by atoms with E-state index in [1.807, 2.05) is 0 Å². The zero-order valence-electron chi connectivity index (χ0n) is 17.8. The van der Waals surface area contributed by atoms with Crippen LogP contribution in [0.2, 0.25) is 0 Å². The van der Waals surface area contributed by atoms with Gasteiger partial charge in [-0.2, -0.15) is 8.42 Å². The van der Waals surface area contributed by atoms with Gasteiger partial charge in [-0.3, -0.25) is 4.55 Å². The van der Waals surface area contributed by atoms with Gasteiger partial charge in [0.05, 0.1) is 48.7 Å². The Morgan fingerprint density at radius 3 is 1.34 bits per heavy atom. The fourth-order valence-corrected chi connectivity index (χ4v) is 3.03. The molecule has 14 nitrogen and oxygen atoms in total. The smallest absolute Gasteiger partial charge is 0.337 e. The van der Waals surface area contributed by atoms with Crippen molar-refractivity contribution in [2.45, 2.75) is 4.90 Å². The molecule has 0 saturated carbocycles. The second-order valence-electron chi connectivity index (χ2n) is 6.02. The van der Waals surface area contributed by atoms with E-state index in [2.05, 4.69) is 4.74 Å². The van der Waals surface area contributed by atoms with Gasteiger partial charge in [0.25, 0.3) is 10.1 Å². The van der Waals surface area contributed by atoms with Gasteiger partial charge in [0.1, 0.15) is 4.90 Å². The highest BCUT2D eigenvalue weighted by Gasteiger charge is 2.27. The standard InChI is InChI=1S/C8H6O7S.C8H6O4.C4H10O3/c9-7(10)4-2-1-3-5(8(11)12)6(4)16(13,14)15;9-7(10)5-2-1-3-6(4-5)8(11)12;5-1-3-7-4-2-6/h1-3H,(H,9,10)(H,11,12)(H,13,14,15);1-4H,(H,9,10)(H,11,12);5-6H,1-4H2. The lowest BCUT2D eigenvalue weighted by molar-refractivity contribution is 0.0650. The molecule has 0 unspecified atom stereocenters. The molecule has 0 heterocycles. The SMILES string of the molecule is O=C(O)c1cccc(C(=O)O)c1.O=C(O)c1cccc(C(=O)O)c1S(=O)(=O)O.OCCOCCO. The summed E-state index contributed by atoms with van der Waals surface area (Å²) < 4.78 is 35.3. The minimum Gasteiger partial charge on any atom is -0.478 e. The Bertz CT molecular complexity index is 1070. The number of hydrogen-bond acceptors (Lipinski definition) is 9. The van der Waals surface area contributed by atoms with Gasteiger partial charge in [0.2, 0.25) is 0 Å². The van der Waals surface area contributed by atoms with Crippen LogP contribution in [0.15, 0.2) is 47.4 Å². The van der Waals surface area contributed by atoms with Crippen molar-refractivity contribution in [1.29, 1.82) is 0 Å². The lowest BCUT2D eigenvalue weighted by Crippen LogP contribution is -2.14. The molecule has 0 aromatic heterocycles. The van der Waals surface area contributed by atoms with Gasteiger partial charge < -0.3 is 35.4 Å². The summed E-state index contributed by atoms with van der Waals surface area (Å²) in [6.45, 7) is 0.696. The molecule has 0 aliphatic carbocycles. The van der Waals surface area contributed by atoms with Gasteiger partial charge in [-0.25, -0.2) is 19.2 Å². The lowest BCUT2D eigenvalue weighted by Gasteiger charge is -2.05. The third-order valence-corrected chi connectivity index (χ3v) is 4.52. The summed E-state index contributed by atoms with van der Waals surface area (Å²) in [6.07, 6.45) is 0. The fourth-order valence-electron chi connectivity index (χ4n) is 2.17. The molecule has 7 N–H and O–H groups in total. The van der Waals surface area contributed by atoms with Crippen molar-refractivity contribution in [2.24, 2.45) is 0 Å². The van der Waals surface area contributed by atoms with E-state index in [4.69, 9.17) is 35.2 Å². The van der Waals surface area contributed by atoms with Crippen LogP contribution in [0, 0.1) is 0 Å². The molecule has 0 fully saturated rings. The van der Waals surface area contributed by atoms with Crippen molar-refractivity contribution in [2.75, 3.05) is 26.4 Å². The molecule has 0 atom stereocenters. The molecule has 192 valence electrons. The fraction of sp³-hybridized carbons (Fsp3) is 0.200. The maximum absolute atomic E-state index is 10.9. The number of hydrogen-bond donors (Lipinski definition) is 7. The van der Waals surface area contributed by atoms with Crippen LogP contribution in [0.25, 0.3) is 0 Å². The molecule has 2 aromatic carbocycles. The number of aromatic carboxylic acids is 4. The second-order valence-corrected chi connectivity index (χ2v) is 7.38. The maximum atomic E-state index is 10.9. The van der Waals surface area contributed by atoms with Crippen molar-refractivity contribution < 1.29 is 67.5 Å². The summed E-state index contributed by atoms with van der Waals surface area (Å²) in [5.41, 5.74) is -1.62. The monoisotopic (exact) mass is 518 g/mol. The van der Waals surface area contributed by atoms with Gasteiger partial charge in [0.15, 0.2) is 0 Å². The van der Waals surface area contributed by atoms with Gasteiger partial charge in [-0.1, -0.05) is 12.1 Å². The van der Waals surface area contributed by atoms with E-state index in [0.29, 0.717) is 13.2 Å². The molecule has 0 aliphatic heterocycles. The average Bonchev–Trinajstić information content (AvgIpc) is 2.79. The zero-order valence-corrected chi connectivity index (χ0v) is 18.6. The molecule has 15 heteroatoms. The van der Waals surface area contributed by atoms with Gasteiger partial charge >= 0.3 is 23.9 Å². The van der Waals surface area contributed by atoms with Crippen LogP contribution in [0.5, 0.6) is 0 Å². The van der Waals surface area contributed by atoms with E-state index >= 15 is 0 Å². The van der Waals surface area contributed by atoms with Crippen LogP contribution in [0.4, 0.5) is 0 Å². The first-order valence-electron chi connectivity index (χ1n) is 9.21. The van der Waals surface area contributed by atoms with Gasteiger partial charge in [-0.15, -0.1) is 0 Å². The van der Waals surface area contributed by atoms with Crippen LogP contribution in [0.3, 0.4) is 0 Å². The van der Waals surface area contributed by atoms with Crippen molar-refractivity contribution >= 4 is 34.0 Å². The zero-order chi connectivity index (χ0) is 27.2. The Labute approximate surface area is 198 Å². The molecule has 2 rings (SSSR count). The van der Waals surface area contributed by atoms with Crippen molar-refractivity contribution in [1.82, 2.24) is 0 Å². The summed E-state index contributed by atoms with van der Waals surface area (Å²) in [6, 6.07) is 8.04. The summed E-state index contributed by atoms with van der Waals surface area (Å²) in [7, 11) is -4.92. The third kappa shape index (κ3) is 11.2. The highest BCUT2D eigenvalue weighted by Crippen LogP contribution is 2.20. The number of benzene rings is 2. The minimum atomic E-state index is -4.92. The Hall–Kier alpha value is -3.89. The quantitative estimate of drug-likeness (QED) is 0.175. The molecular weight excluding hydrogens is 496 g/mol. The van der Waals surface area contributed by atoms with Crippen molar-refractivity contribution in [3.05, 3.63) is 64.7 Å². The molecule has 35 heavy (non-hydrogen) atoms. The molecular formula is C20H22O14S. The predicted octanol–water partition coefficient (Wildman–Crippen LogP) is 0.400. The number of carboxylic acids is 4. The Balaban J connectivity index is 0.000000537. The number of rotatable bonds is 9. The van der Waals surface area contributed by atoms with Crippen molar-refractivity contribution in [3.63, 3.8) is 0 Å². The normalized spacial score (nSPS) is 10.1. The molecule has 0 saturated heterocycles. The molecule has 0 radical (unpaired) electrons. The van der Waals surface area contributed by atoms with Crippen LogP contribution in [-0.2, 0) is 14.9 Å². The molecule has 0 spiro atoms. The Morgan fingerprint density at radius 2 is 1.06 bits per heavy atom. The summed E-state index contributed by atoms with van der Waals surface area (Å²) in [5, 5.41) is 50.5. The third-order valence-electron chi connectivity index (χ3n) is 3.56. The van der Waals surface area contributed by atoms with E-state index in [0.717, 1.165) is 24.3 Å². The minimum absolute atomic E-state index is 0.0186. The predicted molar refractivity (Wildman–Crippen MR) is 116 cm³/mol. The van der Waals surface area contributed by atoms with Crippen LogP contribution >= 0.6 is 0 Å². The van der Waals surface area contributed by atoms with E-state index in [1.165, 1.54) is 18.2 Å². The largest absolute Gasteiger partial charge is 0.478 e. The first kappa shape index (κ1) is 31.1. The summed E-state index contributed by atoms with van der Waals surface area (Å²) in [5.74, 6) is -5.54. The number of carboxylic acid groups (broad SMARTS) is 4. The summed E-state index contributed by atoms with van der Waals surface area (Å²) in [4.78, 5) is 41.0. The topological polar surface area (TPSA) is 253 Å². The van der Waals surface area contributed by atoms with E-state index in [-0.39, 0.29) is 24.3 Å². The van der Waals surface area contributed by atoms with Crippen molar-refractivity contribution in [3.8, 4) is 0 Å². The van der Waals surface area contributed by atoms with Gasteiger partial charge in [-0.05, 0) is 30.3 Å².